The molecule has 1 aromatic heterocycles. The van der Waals surface area contributed by atoms with Crippen molar-refractivity contribution in [1.82, 2.24) is 0 Å². The molecule has 0 unspecified atom stereocenters. The maximum Gasteiger partial charge on any atom is 0.256 e. The van der Waals surface area contributed by atoms with E-state index in [-0.39, 0.29) is 12.5 Å². The lowest BCUT2D eigenvalue weighted by molar-refractivity contribution is 0.102. The summed E-state index contributed by atoms with van der Waals surface area (Å²) in [7, 11) is 0. The first-order valence-electron chi connectivity index (χ1n) is 5.74. The predicted molar refractivity (Wildman–Crippen MR) is 74.2 cm³/mol. The summed E-state index contributed by atoms with van der Waals surface area (Å²) >= 11 is 1.53. The Balaban J connectivity index is 2.05. The van der Waals surface area contributed by atoms with Gasteiger partial charge in [-0.05, 0) is 42.0 Å². The molecule has 0 bridgehead atoms. The summed E-state index contributed by atoms with van der Waals surface area (Å²) in [5.74, 6) is -0.0799. The van der Waals surface area contributed by atoms with Gasteiger partial charge in [-0.3, -0.25) is 4.79 Å². The van der Waals surface area contributed by atoms with E-state index in [4.69, 9.17) is 5.11 Å². The van der Waals surface area contributed by atoms with Crippen molar-refractivity contribution in [2.24, 2.45) is 0 Å². The summed E-state index contributed by atoms with van der Waals surface area (Å²) in [6.07, 6.45) is 0.637. The van der Waals surface area contributed by atoms with Crippen LogP contribution in [0.5, 0.6) is 0 Å². The minimum absolute atomic E-state index is 0.0799. The van der Waals surface area contributed by atoms with Gasteiger partial charge in [-0.25, -0.2) is 0 Å². The number of benzene rings is 1. The second-order valence-corrected chi connectivity index (χ2v) is 4.84. The maximum absolute atomic E-state index is 12.0. The minimum atomic E-state index is -0.0799. The van der Waals surface area contributed by atoms with Gasteiger partial charge in [-0.1, -0.05) is 12.1 Å². The number of amides is 1. The predicted octanol–water partition coefficient (Wildman–Crippen LogP) is 2.84. The van der Waals surface area contributed by atoms with E-state index in [0.29, 0.717) is 6.42 Å². The van der Waals surface area contributed by atoms with Crippen LogP contribution in [0.3, 0.4) is 0 Å². The summed E-state index contributed by atoms with van der Waals surface area (Å²) in [4.78, 5) is 12.0. The number of nitrogens with one attached hydrogen (secondary N) is 1. The van der Waals surface area contributed by atoms with E-state index in [2.05, 4.69) is 5.32 Å². The highest BCUT2D eigenvalue weighted by Gasteiger charge is 2.09. The van der Waals surface area contributed by atoms with E-state index in [1.807, 2.05) is 41.9 Å². The number of anilines is 1. The van der Waals surface area contributed by atoms with Crippen molar-refractivity contribution >= 4 is 22.9 Å². The molecular formula is C14H15NO2S. The maximum atomic E-state index is 12.0. The molecule has 0 radical (unpaired) electrons. The summed E-state index contributed by atoms with van der Waals surface area (Å²) in [6, 6.07) is 7.52. The second-order valence-electron chi connectivity index (χ2n) is 4.09. The van der Waals surface area contributed by atoms with Crippen molar-refractivity contribution in [1.29, 1.82) is 0 Å². The number of hydrogen-bond donors (Lipinski definition) is 2. The molecule has 1 amide bonds. The Morgan fingerprint density at radius 2 is 2.00 bits per heavy atom. The molecule has 0 aliphatic heterocycles. The van der Waals surface area contributed by atoms with E-state index < -0.39 is 0 Å². The van der Waals surface area contributed by atoms with E-state index in [9.17, 15) is 4.79 Å². The number of carbonyl (C=O) groups is 1. The van der Waals surface area contributed by atoms with Crippen LogP contribution in [0.1, 0.15) is 21.5 Å². The van der Waals surface area contributed by atoms with Gasteiger partial charge in [0.25, 0.3) is 5.91 Å². The molecule has 3 nitrogen and oxygen atoms in total. The van der Waals surface area contributed by atoms with Gasteiger partial charge in [-0.2, -0.15) is 11.3 Å². The molecule has 94 valence electrons. The Morgan fingerprint density at radius 3 is 2.56 bits per heavy atom. The van der Waals surface area contributed by atoms with E-state index in [1.165, 1.54) is 11.3 Å². The molecule has 4 heteroatoms. The molecule has 2 N–H and O–H groups in total. The third-order valence-electron chi connectivity index (χ3n) is 2.71. The van der Waals surface area contributed by atoms with Gasteiger partial charge in [0.15, 0.2) is 0 Å². The molecule has 0 saturated heterocycles. The van der Waals surface area contributed by atoms with Crippen molar-refractivity contribution < 1.29 is 9.90 Å². The molecule has 0 spiro atoms. The van der Waals surface area contributed by atoms with E-state index in [0.717, 1.165) is 22.4 Å². The van der Waals surface area contributed by atoms with Crippen LogP contribution in [0.2, 0.25) is 0 Å². The molecule has 18 heavy (non-hydrogen) atoms. The zero-order chi connectivity index (χ0) is 13.0. The quantitative estimate of drug-likeness (QED) is 0.889. The van der Waals surface area contributed by atoms with Gasteiger partial charge >= 0.3 is 0 Å². The fourth-order valence-electron chi connectivity index (χ4n) is 1.68. The van der Waals surface area contributed by atoms with Crippen LogP contribution in [0.4, 0.5) is 5.69 Å². The Labute approximate surface area is 110 Å². The van der Waals surface area contributed by atoms with Gasteiger partial charge in [0.1, 0.15) is 0 Å². The summed E-state index contributed by atoms with van der Waals surface area (Å²) in [5, 5.41) is 15.5. The first kappa shape index (κ1) is 12.8. The number of rotatable bonds is 4. The van der Waals surface area contributed by atoms with Gasteiger partial charge in [0.2, 0.25) is 0 Å². The molecule has 0 fully saturated rings. The number of aliphatic hydroxyl groups excluding tert-OH is 1. The third kappa shape index (κ3) is 2.97. The fourth-order valence-corrected chi connectivity index (χ4v) is 2.50. The normalized spacial score (nSPS) is 10.3. The van der Waals surface area contributed by atoms with Crippen LogP contribution in [-0.2, 0) is 6.42 Å². The average Bonchev–Trinajstić information content (AvgIpc) is 2.78. The van der Waals surface area contributed by atoms with Gasteiger partial charge in [0.05, 0.1) is 5.56 Å². The molecule has 0 aliphatic rings. The fraction of sp³-hybridized carbons (Fsp3) is 0.214. The van der Waals surface area contributed by atoms with Gasteiger partial charge < -0.3 is 10.4 Å². The molecule has 0 saturated carbocycles. The number of carbonyl (C=O) groups excluding carboxylic acids is 1. The van der Waals surface area contributed by atoms with Gasteiger partial charge in [0, 0.05) is 17.7 Å². The number of aliphatic hydroxyl groups is 1. The number of hydrogen-bond acceptors (Lipinski definition) is 3. The molecule has 1 heterocycles. The number of aryl methyl sites for hydroxylation is 1. The summed E-state index contributed by atoms with van der Waals surface area (Å²) in [5.41, 5.74) is 3.54. The second kappa shape index (κ2) is 5.80. The largest absolute Gasteiger partial charge is 0.396 e. The molecular weight excluding hydrogens is 246 g/mol. The standard InChI is InChI=1S/C14H15NO2S/c1-10-8-18-9-13(10)14(17)15-12-4-2-11(3-5-12)6-7-16/h2-5,8-9,16H,6-7H2,1H3,(H,15,17). The Kier molecular flexibility index (Phi) is 4.12. The van der Waals surface area contributed by atoms with Crippen LogP contribution in [0, 0.1) is 6.92 Å². The SMILES string of the molecule is Cc1cscc1C(=O)Nc1ccc(CCO)cc1. The molecule has 0 atom stereocenters. The van der Waals surface area contributed by atoms with Crippen molar-refractivity contribution in [3.05, 3.63) is 51.7 Å². The lowest BCUT2D eigenvalue weighted by Gasteiger charge is -2.06. The highest BCUT2D eigenvalue weighted by molar-refractivity contribution is 7.08. The first-order chi connectivity index (χ1) is 8.70. The van der Waals surface area contributed by atoms with Crippen molar-refractivity contribution in [3.63, 3.8) is 0 Å². The average molecular weight is 261 g/mol. The molecule has 2 rings (SSSR count). The lowest BCUT2D eigenvalue weighted by Crippen LogP contribution is -2.12. The number of thiophene rings is 1. The Morgan fingerprint density at radius 1 is 1.28 bits per heavy atom. The van der Waals surface area contributed by atoms with Crippen LogP contribution in [0.15, 0.2) is 35.0 Å². The third-order valence-corrected chi connectivity index (χ3v) is 3.57. The van der Waals surface area contributed by atoms with Crippen molar-refractivity contribution in [2.45, 2.75) is 13.3 Å². The Hall–Kier alpha value is -1.65. The summed E-state index contributed by atoms with van der Waals surface area (Å²) in [6.45, 7) is 2.07. The molecule has 2 aromatic rings. The van der Waals surface area contributed by atoms with Crippen molar-refractivity contribution in [3.8, 4) is 0 Å². The molecule has 1 aromatic carbocycles. The first-order valence-corrected chi connectivity index (χ1v) is 6.69. The van der Waals surface area contributed by atoms with Crippen LogP contribution >= 0.6 is 11.3 Å². The topological polar surface area (TPSA) is 49.3 Å². The van der Waals surface area contributed by atoms with Gasteiger partial charge in [-0.15, -0.1) is 0 Å². The van der Waals surface area contributed by atoms with Crippen LogP contribution in [-0.4, -0.2) is 17.6 Å². The zero-order valence-electron chi connectivity index (χ0n) is 10.1. The van der Waals surface area contributed by atoms with Crippen molar-refractivity contribution in [2.75, 3.05) is 11.9 Å². The summed E-state index contributed by atoms with van der Waals surface area (Å²) < 4.78 is 0. The molecule has 0 aliphatic carbocycles. The Bertz CT molecular complexity index is 531. The van der Waals surface area contributed by atoms with Crippen LogP contribution in [0.25, 0.3) is 0 Å². The highest BCUT2D eigenvalue weighted by Crippen LogP contribution is 2.16. The minimum Gasteiger partial charge on any atom is -0.396 e. The monoisotopic (exact) mass is 261 g/mol. The smallest absolute Gasteiger partial charge is 0.256 e. The van der Waals surface area contributed by atoms with Crippen LogP contribution < -0.4 is 5.32 Å². The highest BCUT2D eigenvalue weighted by atomic mass is 32.1. The lowest BCUT2D eigenvalue weighted by atomic mass is 10.1. The van der Waals surface area contributed by atoms with E-state index >= 15 is 0 Å². The zero-order valence-corrected chi connectivity index (χ0v) is 11.0. The van der Waals surface area contributed by atoms with E-state index in [1.54, 1.807) is 0 Å².